The Labute approximate surface area is 84.8 Å². The number of hydrogen-bond acceptors (Lipinski definition) is 2. The summed E-state index contributed by atoms with van der Waals surface area (Å²) in [5.41, 5.74) is -0.00324. The zero-order valence-corrected chi connectivity index (χ0v) is 8.94. The van der Waals surface area contributed by atoms with Crippen LogP contribution in [0.2, 0.25) is 0 Å². The highest BCUT2D eigenvalue weighted by Crippen LogP contribution is 2.12. The number of hydrogen-bond donors (Lipinski definition) is 0. The monoisotopic (exact) mass is 194 g/mol. The van der Waals surface area contributed by atoms with Gasteiger partial charge in [0, 0.05) is 18.4 Å². The molecule has 3 nitrogen and oxygen atoms in total. The fraction of sp³-hybridized carbons (Fsp3) is 0.636. The molecule has 1 unspecified atom stereocenters. The van der Waals surface area contributed by atoms with Gasteiger partial charge in [-0.25, -0.2) is 0 Å². The van der Waals surface area contributed by atoms with E-state index < -0.39 is 0 Å². The lowest BCUT2D eigenvalue weighted by atomic mass is 10.1. The third-order valence-electron chi connectivity index (χ3n) is 2.45. The maximum atomic E-state index is 11.4. The third kappa shape index (κ3) is 2.98. The summed E-state index contributed by atoms with van der Waals surface area (Å²) >= 11 is 0. The largest absolute Gasteiger partial charge is 0.310 e. The molecular weight excluding hydrogens is 176 g/mol. The van der Waals surface area contributed by atoms with Crippen molar-refractivity contribution in [2.24, 2.45) is 0 Å². The van der Waals surface area contributed by atoms with Gasteiger partial charge in [0.1, 0.15) is 0 Å². The van der Waals surface area contributed by atoms with Crippen LogP contribution in [0.3, 0.4) is 0 Å². The van der Waals surface area contributed by atoms with Crippen molar-refractivity contribution in [3.05, 3.63) is 28.9 Å². The summed E-state index contributed by atoms with van der Waals surface area (Å²) in [7, 11) is 0. The normalized spacial score (nSPS) is 12.7. The van der Waals surface area contributed by atoms with Gasteiger partial charge in [-0.1, -0.05) is 26.2 Å². The van der Waals surface area contributed by atoms with E-state index in [1.807, 2.05) is 0 Å². The fourth-order valence-corrected chi connectivity index (χ4v) is 1.55. The molecule has 0 aromatic carbocycles. The molecule has 1 atom stereocenters. The van der Waals surface area contributed by atoms with Crippen molar-refractivity contribution < 1.29 is 0 Å². The summed E-state index contributed by atoms with van der Waals surface area (Å²) < 4.78 is 1.75. The van der Waals surface area contributed by atoms with Gasteiger partial charge in [0.05, 0.1) is 6.20 Å². The molecule has 1 heterocycles. The molecule has 3 heteroatoms. The van der Waals surface area contributed by atoms with Crippen molar-refractivity contribution in [2.75, 3.05) is 0 Å². The van der Waals surface area contributed by atoms with E-state index in [0.717, 1.165) is 6.42 Å². The zero-order chi connectivity index (χ0) is 10.4. The summed E-state index contributed by atoms with van der Waals surface area (Å²) in [6, 6.07) is 0.289. The highest BCUT2D eigenvalue weighted by molar-refractivity contribution is 4.83. The van der Waals surface area contributed by atoms with E-state index in [-0.39, 0.29) is 11.6 Å². The molecule has 0 saturated heterocycles. The van der Waals surface area contributed by atoms with Crippen LogP contribution in [-0.4, -0.2) is 9.55 Å². The molecule has 0 aliphatic carbocycles. The van der Waals surface area contributed by atoms with E-state index in [9.17, 15) is 4.79 Å². The van der Waals surface area contributed by atoms with Crippen molar-refractivity contribution in [1.29, 1.82) is 0 Å². The molecule has 14 heavy (non-hydrogen) atoms. The second-order valence-corrected chi connectivity index (χ2v) is 3.67. The predicted molar refractivity (Wildman–Crippen MR) is 57.4 cm³/mol. The molecule has 0 amide bonds. The summed E-state index contributed by atoms with van der Waals surface area (Å²) in [5.74, 6) is 0. The number of aromatic nitrogens is 2. The zero-order valence-electron chi connectivity index (χ0n) is 8.94. The minimum Gasteiger partial charge on any atom is -0.310 e. The molecule has 0 bridgehead atoms. The third-order valence-corrected chi connectivity index (χ3v) is 2.45. The van der Waals surface area contributed by atoms with Crippen molar-refractivity contribution >= 4 is 0 Å². The maximum Gasteiger partial charge on any atom is 0.269 e. The van der Waals surface area contributed by atoms with Crippen LogP contribution in [0, 0.1) is 0 Å². The average Bonchev–Trinajstić information content (AvgIpc) is 2.18. The lowest BCUT2D eigenvalue weighted by Gasteiger charge is -2.13. The minimum atomic E-state index is -0.00324. The molecule has 0 saturated carbocycles. The van der Waals surface area contributed by atoms with Gasteiger partial charge in [0.25, 0.3) is 5.56 Å². The molecule has 0 aliphatic heterocycles. The summed E-state index contributed by atoms with van der Waals surface area (Å²) in [4.78, 5) is 15.2. The Morgan fingerprint density at radius 3 is 2.93 bits per heavy atom. The smallest absolute Gasteiger partial charge is 0.269 e. The number of rotatable bonds is 5. The van der Waals surface area contributed by atoms with E-state index >= 15 is 0 Å². The lowest BCUT2D eigenvalue weighted by molar-refractivity contribution is 0.463. The number of unbranched alkanes of at least 4 members (excludes halogenated alkanes) is 2. The first-order chi connectivity index (χ1) is 6.75. The molecular formula is C11H18N2O. The quantitative estimate of drug-likeness (QED) is 0.674. The predicted octanol–water partition coefficient (Wildman–Crippen LogP) is 2.38. The lowest BCUT2D eigenvalue weighted by Crippen LogP contribution is -2.22. The van der Waals surface area contributed by atoms with Crippen LogP contribution >= 0.6 is 0 Å². The van der Waals surface area contributed by atoms with Gasteiger partial charge in [-0.05, 0) is 13.3 Å². The van der Waals surface area contributed by atoms with E-state index in [1.54, 1.807) is 17.0 Å². The summed E-state index contributed by atoms with van der Waals surface area (Å²) in [6.07, 6.45) is 9.51. The first kappa shape index (κ1) is 11.0. The molecule has 1 aromatic rings. The first-order valence-electron chi connectivity index (χ1n) is 5.28. The maximum absolute atomic E-state index is 11.4. The Balaban J connectivity index is 2.56. The molecule has 1 rings (SSSR count). The molecule has 0 spiro atoms. The van der Waals surface area contributed by atoms with Gasteiger partial charge < -0.3 is 4.57 Å². The second kappa shape index (κ2) is 5.58. The standard InChI is InChI=1S/C11H18N2O/c1-3-4-5-6-10(2)13-8-7-12-9-11(13)14/h7-10H,3-6H2,1-2H3. The Kier molecular flexibility index (Phi) is 4.36. The first-order valence-corrected chi connectivity index (χ1v) is 5.28. The van der Waals surface area contributed by atoms with Crippen molar-refractivity contribution in [1.82, 2.24) is 9.55 Å². The highest BCUT2D eigenvalue weighted by Gasteiger charge is 2.04. The Morgan fingerprint density at radius 1 is 1.50 bits per heavy atom. The molecule has 0 fully saturated rings. The van der Waals surface area contributed by atoms with E-state index in [4.69, 9.17) is 0 Å². The molecule has 0 radical (unpaired) electrons. The van der Waals surface area contributed by atoms with Crippen molar-refractivity contribution in [2.45, 2.75) is 45.6 Å². The van der Waals surface area contributed by atoms with Gasteiger partial charge in [-0.2, -0.15) is 0 Å². The van der Waals surface area contributed by atoms with Crippen LogP contribution in [0.25, 0.3) is 0 Å². The van der Waals surface area contributed by atoms with Crippen LogP contribution < -0.4 is 5.56 Å². The van der Waals surface area contributed by atoms with Crippen LogP contribution in [0.4, 0.5) is 0 Å². The van der Waals surface area contributed by atoms with Gasteiger partial charge in [-0.3, -0.25) is 9.78 Å². The van der Waals surface area contributed by atoms with Crippen LogP contribution in [0.15, 0.2) is 23.4 Å². The SMILES string of the molecule is CCCCCC(C)n1ccncc1=O. The highest BCUT2D eigenvalue weighted by atomic mass is 16.1. The van der Waals surface area contributed by atoms with Gasteiger partial charge >= 0.3 is 0 Å². The molecule has 0 aliphatic rings. The van der Waals surface area contributed by atoms with Crippen molar-refractivity contribution in [3.8, 4) is 0 Å². The van der Waals surface area contributed by atoms with Crippen LogP contribution in [0.1, 0.15) is 45.6 Å². The molecule has 1 aromatic heterocycles. The molecule has 78 valence electrons. The fourth-order valence-electron chi connectivity index (χ4n) is 1.55. The number of nitrogens with zero attached hydrogens (tertiary/aromatic N) is 2. The average molecular weight is 194 g/mol. The Hall–Kier alpha value is -1.12. The van der Waals surface area contributed by atoms with Gasteiger partial charge in [0.2, 0.25) is 0 Å². The van der Waals surface area contributed by atoms with E-state index in [1.165, 1.54) is 25.5 Å². The molecule has 0 N–H and O–H groups in total. The topological polar surface area (TPSA) is 34.9 Å². The Morgan fingerprint density at radius 2 is 2.29 bits per heavy atom. The summed E-state index contributed by atoms with van der Waals surface area (Å²) in [5, 5.41) is 0. The Bertz CT molecular complexity index is 319. The van der Waals surface area contributed by atoms with E-state index in [2.05, 4.69) is 18.8 Å². The second-order valence-electron chi connectivity index (χ2n) is 3.67. The minimum absolute atomic E-state index is 0.00324. The van der Waals surface area contributed by atoms with Crippen molar-refractivity contribution in [3.63, 3.8) is 0 Å². The van der Waals surface area contributed by atoms with Crippen LogP contribution in [0.5, 0.6) is 0 Å². The van der Waals surface area contributed by atoms with Gasteiger partial charge in [0.15, 0.2) is 0 Å². The van der Waals surface area contributed by atoms with E-state index in [0.29, 0.717) is 0 Å². The van der Waals surface area contributed by atoms with Crippen LogP contribution in [-0.2, 0) is 0 Å². The van der Waals surface area contributed by atoms with Gasteiger partial charge in [-0.15, -0.1) is 0 Å². The summed E-state index contributed by atoms with van der Waals surface area (Å²) in [6.45, 7) is 4.26.